The number of benzene rings is 1. The van der Waals surface area contributed by atoms with Crippen molar-refractivity contribution >= 4 is 5.97 Å². The number of carbonyl (C=O) groups excluding carboxylic acids is 1. The van der Waals surface area contributed by atoms with E-state index in [1.807, 2.05) is 58.0 Å². The van der Waals surface area contributed by atoms with Crippen LogP contribution in [0.15, 0.2) is 30.3 Å². The molecule has 2 nitrogen and oxygen atoms in total. The summed E-state index contributed by atoms with van der Waals surface area (Å²) in [6.07, 6.45) is 0.358. The standard InChI is InChI=1S/C9H10O2.2C2H6.CH3.Y/c1-11-9(10)7-8-5-3-2-4-6-8;2*1-2;;/h2-6H,7H2,1H3;2*1-2H3;1H3;/q;;;-1;. The van der Waals surface area contributed by atoms with E-state index in [0.717, 1.165) is 5.56 Å². The van der Waals surface area contributed by atoms with E-state index in [-0.39, 0.29) is 46.1 Å². The minimum absolute atomic E-state index is 0. The maximum absolute atomic E-state index is 10.8. The van der Waals surface area contributed by atoms with Crippen molar-refractivity contribution in [2.45, 2.75) is 34.1 Å². The van der Waals surface area contributed by atoms with Gasteiger partial charge in [-0.2, -0.15) is 0 Å². The van der Waals surface area contributed by atoms with E-state index in [4.69, 9.17) is 0 Å². The zero-order valence-electron chi connectivity index (χ0n) is 12.0. The second-order valence-electron chi connectivity index (χ2n) is 2.24. The van der Waals surface area contributed by atoms with E-state index < -0.39 is 0 Å². The van der Waals surface area contributed by atoms with Crippen LogP contribution in [0.2, 0.25) is 0 Å². The van der Waals surface area contributed by atoms with E-state index in [2.05, 4.69) is 4.74 Å². The molecule has 0 fully saturated rings. The molecule has 97 valence electrons. The minimum atomic E-state index is -0.198. The predicted octanol–water partition coefficient (Wildman–Crippen LogP) is 3.90. The summed E-state index contributed by atoms with van der Waals surface area (Å²) in [7, 11) is 1.39. The minimum Gasteiger partial charge on any atom is -0.469 e. The van der Waals surface area contributed by atoms with Gasteiger partial charge < -0.3 is 12.2 Å². The van der Waals surface area contributed by atoms with Gasteiger partial charge in [-0.05, 0) is 5.56 Å². The number of hydrogen-bond acceptors (Lipinski definition) is 2. The number of methoxy groups -OCH3 is 1. The van der Waals surface area contributed by atoms with Crippen LogP contribution in [0.3, 0.4) is 0 Å². The first-order valence-corrected chi connectivity index (χ1v) is 5.43. The third kappa shape index (κ3) is 15.8. The van der Waals surface area contributed by atoms with Gasteiger partial charge in [0.2, 0.25) is 0 Å². The summed E-state index contributed by atoms with van der Waals surface area (Å²) in [4.78, 5) is 10.8. The topological polar surface area (TPSA) is 26.3 Å². The maximum atomic E-state index is 10.8. The molecule has 0 aliphatic heterocycles. The first-order valence-electron chi connectivity index (χ1n) is 5.43. The summed E-state index contributed by atoms with van der Waals surface area (Å²) in [5, 5.41) is 0. The monoisotopic (exact) mass is 314 g/mol. The molecule has 1 radical (unpaired) electrons. The fraction of sp³-hybridized carbons (Fsp3) is 0.429. The molecule has 17 heavy (non-hydrogen) atoms. The molecular weight excluding hydrogens is 289 g/mol. The smallest absolute Gasteiger partial charge is 0.309 e. The summed E-state index contributed by atoms with van der Waals surface area (Å²) in [5.74, 6) is -0.198. The van der Waals surface area contributed by atoms with Gasteiger partial charge in [0.1, 0.15) is 0 Å². The zero-order chi connectivity index (χ0) is 12.1. The van der Waals surface area contributed by atoms with E-state index in [0.29, 0.717) is 6.42 Å². The Morgan fingerprint density at radius 3 is 1.82 bits per heavy atom. The van der Waals surface area contributed by atoms with Crippen LogP contribution >= 0.6 is 0 Å². The van der Waals surface area contributed by atoms with Crippen LogP contribution in [-0.2, 0) is 48.7 Å². The predicted molar refractivity (Wildman–Crippen MR) is 71.3 cm³/mol. The fourth-order valence-corrected chi connectivity index (χ4v) is 0.835. The third-order valence-electron chi connectivity index (χ3n) is 1.42. The molecule has 0 N–H and O–H groups in total. The van der Waals surface area contributed by atoms with Gasteiger partial charge in [0.25, 0.3) is 0 Å². The molecule has 0 saturated carbocycles. The number of hydrogen-bond donors (Lipinski definition) is 0. The Morgan fingerprint density at radius 1 is 1.06 bits per heavy atom. The van der Waals surface area contributed by atoms with Gasteiger partial charge in [-0.25, -0.2) is 0 Å². The first-order chi connectivity index (χ1) is 7.33. The quantitative estimate of drug-likeness (QED) is 0.611. The van der Waals surface area contributed by atoms with Gasteiger partial charge in [-0.3, -0.25) is 4.79 Å². The van der Waals surface area contributed by atoms with Crippen LogP contribution in [0, 0.1) is 7.43 Å². The molecule has 1 aromatic carbocycles. The van der Waals surface area contributed by atoms with Crippen molar-refractivity contribution in [1.82, 2.24) is 0 Å². The van der Waals surface area contributed by atoms with Crippen LogP contribution in [0.25, 0.3) is 0 Å². The van der Waals surface area contributed by atoms with Gasteiger partial charge in [0.05, 0.1) is 13.5 Å². The molecule has 0 aliphatic carbocycles. The van der Waals surface area contributed by atoms with Crippen molar-refractivity contribution in [1.29, 1.82) is 0 Å². The van der Waals surface area contributed by atoms with Crippen molar-refractivity contribution in [2.24, 2.45) is 0 Å². The Morgan fingerprint density at radius 2 is 1.47 bits per heavy atom. The van der Waals surface area contributed by atoms with Crippen molar-refractivity contribution in [2.75, 3.05) is 7.11 Å². The van der Waals surface area contributed by atoms with Crippen molar-refractivity contribution in [3.05, 3.63) is 43.3 Å². The Hall–Kier alpha value is -0.206. The van der Waals surface area contributed by atoms with Gasteiger partial charge in [0, 0.05) is 32.7 Å². The van der Waals surface area contributed by atoms with Crippen molar-refractivity contribution in [3.63, 3.8) is 0 Å². The normalized spacial score (nSPS) is 6.65. The molecular formula is C14H25O2Y-. The van der Waals surface area contributed by atoms with Gasteiger partial charge in [-0.1, -0.05) is 58.0 Å². The molecule has 1 rings (SSSR count). The first kappa shape index (κ1) is 25.6. The van der Waals surface area contributed by atoms with E-state index >= 15 is 0 Å². The summed E-state index contributed by atoms with van der Waals surface area (Å²) in [6, 6.07) is 9.52. The molecule has 0 unspecified atom stereocenters. The van der Waals surface area contributed by atoms with Gasteiger partial charge in [-0.15, -0.1) is 0 Å². The van der Waals surface area contributed by atoms with Gasteiger partial charge >= 0.3 is 5.97 Å². The molecule has 0 bridgehead atoms. The number of ether oxygens (including phenoxy) is 1. The number of carbonyl (C=O) groups is 1. The molecule has 1 aromatic rings. The molecule has 0 spiro atoms. The van der Waals surface area contributed by atoms with Crippen molar-refractivity contribution < 1.29 is 42.2 Å². The molecule has 0 aliphatic rings. The molecule has 0 saturated heterocycles. The second kappa shape index (κ2) is 21.1. The van der Waals surface area contributed by atoms with Crippen LogP contribution < -0.4 is 0 Å². The maximum Gasteiger partial charge on any atom is 0.309 e. The number of esters is 1. The SMILES string of the molecule is CC.CC.COC(=O)Cc1ccccc1.[CH3-].[Y]. The largest absolute Gasteiger partial charge is 0.469 e. The Bertz CT molecular complexity index is 235. The second-order valence-corrected chi connectivity index (χ2v) is 2.24. The van der Waals surface area contributed by atoms with Gasteiger partial charge in [0.15, 0.2) is 0 Å². The summed E-state index contributed by atoms with van der Waals surface area (Å²) >= 11 is 0. The number of rotatable bonds is 2. The third-order valence-corrected chi connectivity index (χ3v) is 1.42. The van der Waals surface area contributed by atoms with E-state index in [9.17, 15) is 4.79 Å². The summed E-state index contributed by atoms with van der Waals surface area (Å²) in [5.41, 5.74) is 0.986. The Balaban J connectivity index is -0.000000128. The summed E-state index contributed by atoms with van der Waals surface area (Å²) < 4.78 is 4.52. The van der Waals surface area contributed by atoms with Crippen LogP contribution in [0.5, 0.6) is 0 Å². The Labute approximate surface area is 132 Å². The van der Waals surface area contributed by atoms with E-state index in [1.54, 1.807) is 0 Å². The average molecular weight is 314 g/mol. The van der Waals surface area contributed by atoms with E-state index in [1.165, 1.54) is 7.11 Å². The van der Waals surface area contributed by atoms with Crippen molar-refractivity contribution in [3.8, 4) is 0 Å². The van der Waals surface area contributed by atoms with Crippen LogP contribution in [0.4, 0.5) is 0 Å². The van der Waals surface area contributed by atoms with Crippen LogP contribution in [0.1, 0.15) is 33.3 Å². The Kier molecular flexibility index (Phi) is 31.8. The molecule has 0 amide bonds. The zero-order valence-corrected chi connectivity index (χ0v) is 14.8. The fourth-order valence-electron chi connectivity index (χ4n) is 0.835. The molecule has 0 heterocycles. The molecule has 0 atom stereocenters. The summed E-state index contributed by atoms with van der Waals surface area (Å²) in [6.45, 7) is 8.00. The van der Waals surface area contributed by atoms with Crippen LogP contribution in [-0.4, -0.2) is 13.1 Å². The molecule has 0 aromatic heterocycles. The average Bonchev–Trinajstić information content (AvgIpc) is 2.35. The molecule has 3 heteroatoms.